The number of hydrogen-bond acceptors (Lipinski definition) is 2. The van der Waals surface area contributed by atoms with Gasteiger partial charge in [-0.1, -0.05) is 18.6 Å². The SMILES string of the molecule is O=c1n(CC2CCC2)c2ccccc2n1[C@H]1CC[C@H](O)CC1. The first kappa shape index (κ1) is 14.1. The Hall–Kier alpha value is -1.55. The van der Waals surface area contributed by atoms with Crippen LogP contribution >= 0.6 is 0 Å². The van der Waals surface area contributed by atoms with Gasteiger partial charge in [0.2, 0.25) is 0 Å². The van der Waals surface area contributed by atoms with Crippen molar-refractivity contribution in [3.05, 3.63) is 34.7 Å². The summed E-state index contributed by atoms with van der Waals surface area (Å²) in [5.41, 5.74) is 2.29. The van der Waals surface area contributed by atoms with E-state index in [-0.39, 0.29) is 17.8 Å². The average molecular weight is 300 g/mol. The molecule has 1 aromatic heterocycles. The molecule has 2 aliphatic carbocycles. The maximum Gasteiger partial charge on any atom is 0.329 e. The Bertz CT molecular complexity index is 718. The molecule has 0 saturated heterocycles. The van der Waals surface area contributed by atoms with Crippen LogP contribution in [0, 0.1) is 5.92 Å². The fourth-order valence-electron chi connectivity index (χ4n) is 4.01. The molecule has 0 amide bonds. The lowest BCUT2D eigenvalue weighted by Crippen LogP contribution is -2.32. The standard InChI is InChI=1S/C18H24N2O2/c21-15-10-8-14(9-11-15)20-17-7-2-1-6-16(17)19(18(20)22)12-13-4-3-5-13/h1-2,6-7,13-15,21H,3-5,8-12H2/t14-,15-. The van der Waals surface area contributed by atoms with E-state index in [1.807, 2.05) is 21.3 Å². The van der Waals surface area contributed by atoms with Crippen LogP contribution in [0.25, 0.3) is 11.0 Å². The second-order valence-electron chi connectivity index (χ2n) is 7.01. The highest BCUT2D eigenvalue weighted by molar-refractivity contribution is 5.76. The molecule has 4 rings (SSSR count). The largest absolute Gasteiger partial charge is 0.393 e. The number of imidazole rings is 1. The third-order valence-corrected chi connectivity index (χ3v) is 5.57. The van der Waals surface area contributed by atoms with Crippen molar-refractivity contribution in [3.8, 4) is 0 Å². The lowest BCUT2D eigenvalue weighted by atomic mass is 9.85. The fraction of sp³-hybridized carbons (Fsp3) is 0.611. The number of aromatic nitrogens is 2. The van der Waals surface area contributed by atoms with Gasteiger partial charge in [0, 0.05) is 12.6 Å². The number of hydrogen-bond donors (Lipinski definition) is 1. The van der Waals surface area contributed by atoms with Crippen molar-refractivity contribution >= 4 is 11.0 Å². The van der Waals surface area contributed by atoms with Gasteiger partial charge >= 0.3 is 5.69 Å². The monoisotopic (exact) mass is 300 g/mol. The average Bonchev–Trinajstić information content (AvgIpc) is 2.76. The van der Waals surface area contributed by atoms with E-state index in [1.54, 1.807) is 0 Å². The number of aliphatic hydroxyl groups is 1. The topological polar surface area (TPSA) is 47.2 Å². The summed E-state index contributed by atoms with van der Waals surface area (Å²) in [6, 6.07) is 8.42. The molecule has 4 nitrogen and oxygen atoms in total. The van der Waals surface area contributed by atoms with Crippen molar-refractivity contribution < 1.29 is 5.11 Å². The summed E-state index contributed by atoms with van der Waals surface area (Å²) in [5, 5.41) is 9.73. The zero-order chi connectivity index (χ0) is 15.1. The lowest BCUT2D eigenvalue weighted by molar-refractivity contribution is 0.110. The van der Waals surface area contributed by atoms with E-state index in [9.17, 15) is 9.90 Å². The van der Waals surface area contributed by atoms with Crippen LogP contribution in [0.15, 0.2) is 29.1 Å². The van der Waals surface area contributed by atoms with E-state index < -0.39 is 0 Å². The Balaban J connectivity index is 1.77. The van der Waals surface area contributed by atoms with Crippen LogP contribution in [-0.4, -0.2) is 20.3 Å². The van der Waals surface area contributed by atoms with Crippen LogP contribution in [-0.2, 0) is 6.54 Å². The number of rotatable bonds is 3. The van der Waals surface area contributed by atoms with Gasteiger partial charge in [0.05, 0.1) is 17.1 Å². The van der Waals surface area contributed by atoms with Gasteiger partial charge in [0.15, 0.2) is 0 Å². The third kappa shape index (κ3) is 2.30. The molecule has 2 aromatic rings. The predicted octanol–water partition coefficient (Wildman–Crippen LogP) is 3.08. The summed E-state index contributed by atoms with van der Waals surface area (Å²) >= 11 is 0. The van der Waals surface area contributed by atoms with E-state index in [4.69, 9.17) is 0 Å². The summed E-state index contributed by atoms with van der Waals surface area (Å²) in [5.74, 6) is 0.671. The van der Waals surface area contributed by atoms with E-state index in [0.717, 1.165) is 43.3 Å². The van der Waals surface area contributed by atoms with Crippen molar-refractivity contribution in [1.82, 2.24) is 9.13 Å². The van der Waals surface area contributed by atoms with E-state index in [2.05, 4.69) is 12.1 Å². The maximum atomic E-state index is 13.0. The van der Waals surface area contributed by atoms with Gasteiger partial charge in [-0.25, -0.2) is 4.79 Å². The van der Waals surface area contributed by atoms with Crippen molar-refractivity contribution in [1.29, 1.82) is 0 Å². The molecular formula is C18H24N2O2. The molecule has 2 fully saturated rings. The molecule has 22 heavy (non-hydrogen) atoms. The molecule has 0 aliphatic heterocycles. The molecule has 0 spiro atoms. The molecular weight excluding hydrogens is 276 g/mol. The summed E-state index contributed by atoms with van der Waals surface area (Å²) in [7, 11) is 0. The molecule has 2 saturated carbocycles. The van der Waals surface area contributed by atoms with Crippen molar-refractivity contribution in [3.63, 3.8) is 0 Å². The first-order valence-corrected chi connectivity index (χ1v) is 8.62. The van der Waals surface area contributed by atoms with Crippen LogP contribution in [0.4, 0.5) is 0 Å². The van der Waals surface area contributed by atoms with Crippen LogP contribution in [0.5, 0.6) is 0 Å². The maximum absolute atomic E-state index is 13.0. The van der Waals surface area contributed by atoms with Crippen LogP contribution < -0.4 is 5.69 Å². The van der Waals surface area contributed by atoms with Gasteiger partial charge in [-0.2, -0.15) is 0 Å². The van der Waals surface area contributed by atoms with Crippen molar-refractivity contribution in [2.45, 2.75) is 63.6 Å². The van der Waals surface area contributed by atoms with Crippen LogP contribution in [0.1, 0.15) is 51.0 Å². The van der Waals surface area contributed by atoms with E-state index in [1.165, 1.54) is 19.3 Å². The lowest BCUT2D eigenvalue weighted by Gasteiger charge is -2.27. The molecule has 1 N–H and O–H groups in total. The molecule has 0 unspecified atom stereocenters. The normalized spacial score (nSPS) is 26.2. The van der Waals surface area contributed by atoms with Gasteiger partial charge in [-0.05, 0) is 56.6 Å². The van der Waals surface area contributed by atoms with Gasteiger partial charge in [0.25, 0.3) is 0 Å². The zero-order valence-corrected chi connectivity index (χ0v) is 12.9. The number of nitrogens with zero attached hydrogens (tertiary/aromatic N) is 2. The minimum Gasteiger partial charge on any atom is -0.393 e. The summed E-state index contributed by atoms with van der Waals surface area (Å²) in [6.07, 6.45) is 7.03. The fourth-order valence-corrected chi connectivity index (χ4v) is 4.01. The number of para-hydroxylation sites is 2. The smallest absolute Gasteiger partial charge is 0.329 e. The second kappa shape index (κ2) is 5.58. The Morgan fingerprint density at radius 3 is 2.32 bits per heavy atom. The minimum atomic E-state index is -0.185. The molecule has 1 aromatic carbocycles. The van der Waals surface area contributed by atoms with E-state index >= 15 is 0 Å². The quantitative estimate of drug-likeness (QED) is 0.947. The minimum absolute atomic E-state index is 0.148. The summed E-state index contributed by atoms with van der Waals surface area (Å²) < 4.78 is 3.99. The Kier molecular flexibility index (Phi) is 3.57. The highest BCUT2D eigenvalue weighted by Crippen LogP contribution is 2.32. The molecule has 4 heteroatoms. The Labute approximate surface area is 130 Å². The molecule has 2 aliphatic rings. The van der Waals surface area contributed by atoms with Gasteiger partial charge < -0.3 is 5.11 Å². The highest BCUT2D eigenvalue weighted by Gasteiger charge is 2.27. The van der Waals surface area contributed by atoms with Gasteiger partial charge in [-0.15, -0.1) is 0 Å². The highest BCUT2D eigenvalue weighted by atomic mass is 16.3. The Morgan fingerprint density at radius 1 is 1.00 bits per heavy atom. The molecule has 0 bridgehead atoms. The summed E-state index contributed by atoms with van der Waals surface area (Å²) in [6.45, 7) is 0.863. The summed E-state index contributed by atoms with van der Waals surface area (Å²) in [4.78, 5) is 13.0. The number of benzene rings is 1. The van der Waals surface area contributed by atoms with Crippen molar-refractivity contribution in [2.75, 3.05) is 0 Å². The first-order chi connectivity index (χ1) is 10.7. The Morgan fingerprint density at radius 2 is 1.68 bits per heavy atom. The molecule has 0 atom stereocenters. The molecule has 118 valence electrons. The van der Waals surface area contributed by atoms with Crippen LogP contribution in [0.2, 0.25) is 0 Å². The molecule has 1 heterocycles. The first-order valence-electron chi connectivity index (χ1n) is 8.62. The van der Waals surface area contributed by atoms with Crippen LogP contribution in [0.3, 0.4) is 0 Å². The number of fused-ring (bicyclic) bond motifs is 1. The van der Waals surface area contributed by atoms with Gasteiger partial charge in [-0.3, -0.25) is 9.13 Å². The second-order valence-corrected chi connectivity index (χ2v) is 7.01. The van der Waals surface area contributed by atoms with Crippen molar-refractivity contribution in [2.24, 2.45) is 5.92 Å². The third-order valence-electron chi connectivity index (χ3n) is 5.57. The number of aliphatic hydroxyl groups excluding tert-OH is 1. The predicted molar refractivity (Wildman–Crippen MR) is 87.1 cm³/mol. The van der Waals surface area contributed by atoms with E-state index in [0.29, 0.717) is 5.92 Å². The van der Waals surface area contributed by atoms with Gasteiger partial charge in [0.1, 0.15) is 0 Å². The molecule has 0 radical (unpaired) electrons. The zero-order valence-electron chi connectivity index (χ0n) is 12.9.